The van der Waals surface area contributed by atoms with E-state index in [2.05, 4.69) is 38.8 Å². The minimum absolute atomic E-state index is 0.0379. The van der Waals surface area contributed by atoms with Gasteiger partial charge in [-0.2, -0.15) is 0 Å². The molecule has 0 saturated carbocycles. The van der Waals surface area contributed by atoms with Gasteiger partial charge >= 0.3 is 0 Å². The summed E-state index contributed by atoms with van der Waals surface area (Å²) < 4.78 is 11.1. The summed E-state index contributed by atoms with van der Waals surface area (Å²) >= 11 is 7.09. The number of ether oxygens (including phenoxy) is 2. The number of carbonyl (C=O) groups is 2. The van der Waals surface area contributed by atoms with Crippen molar-refractivity contribution in [2.45, 2.75) is 0 Å². The van der Waals surface area contributed by atoms with E-state index >= 15 is 0 Å². The number of thiocarbonyl (C=S) groups is 1. The molecule has 7 nitrogen and oxygen atoms in total. The van der Waals surface area contributed by atoms with E-state index in [0.29, 0.717) is 22.6 Å². The predicted octanol–water partition coefficient (Wildman–Crippen LogP) is 2.26. The van der Waals surface area contributed by atoms with Gasteiger partial charge in [0.1, 0.15) is 11.5 Å². The maximum absolute atomic E-state index is 12.2. The van der Waals surface area contributed by atoms with Crippen LogP contribution in [0.4, 0.5) is 0 Å². The van der Waals surface area contributed by atoms with Crippen LogP contribution < -0.4 is 25.6 Å². The van der Waals surface area contributed by atoms with Gasteiger partial charge < -0.3 is 9.47 Å². The van der Waals surface area contributed by atoms with Gasteiger partial charge in [0.05, 0.1) is 23.4 Å². The molecule has 9 heteroatoms. The molecule has 0 spiro atoms. The molecule has 0 radical (unpaired) electrons. The second kappa shape index (κ2) is 9.34. The molecule has 0 fully saturated rings. The highest BCUT2D eigenvalue weighted by Gasteiger charge is 2.13. The Hall–Kier alpha value is -2.40. The van der Waals surface area contributed by atoms with E-state index in [-0.39, 0.29) is 5.11 Å². The second-order valence-corrected chi connectivity index (χ2v) is 6.48. The van der Waals surface area contributed by atoms with Crippen molar-refractivity contribution in [3.63, 3.8) is 0 Å². The van der Waals surface area contributed by atoms with Crippen molar-refractivity contribution in [3.05, 3.63) is 57.2 Å². The lowest BCUT2D eigenvalue weighted by molar-refractivity contribution is 0.0932. The van der Waals surface area contributed by atoms with Crippen LogP contribution in [-0.2, 0) is 0 Å². The summed E-state index contributed by atoms with van der Waals surface area (Å²) in [6.45, 7) is 0. The Morgan fingerprint density at radius 2 is 1.65 bits per heavy atom. The van der Waals surface area contributed by atoms with Crippen LogP contribution >= 0.6 is 34.8 Å². The number of methoxy groups -OCH3 is 2. The van der Waals surface area contributed by atoms with E-state index in [1.165, 1.54) is 7.11 Å². The molecule has 0 aliphatic rings. The number of amides is 2. The number of para-hydroxylation sites is 1. The molecule has 26 heavy (non-hydrogen) atoms. The first-order chi connectivity index (χ1) is 12.5. The van der Waals surface area contributed by atoms with E-state index in [4.69, 9.17) is 21.7 Å². The molecular weight excluding hydrogens is 469 g/mol. The van der Waals surface area contributed by atoms with Crippen molar-refractivity contribution in [2.75, 3.05) is 14.2 Å². The molecule has 0 bridgehead atoms. The molecule has 0 saturated heterocycles. The summed E-state index contributed by atoms with van der Waals surface area (Å²) in [5, 5.41) is 2.45. The molecule has 2 aromatic rings. The van der Waals surface area contributed by atoms with Crippen LogP contribution in [0.3, 0.4) is 0 Å². The van der Waals surface area contributed by atoms with Gasteiger partial charge in [-0.15, -0.1) is 0 Å². The van der Waals surface area contributed by atoms with Crippen LogP contribution in [0.5, 0.6) is 11.5 Å². The highest BCUT2D eigenvalue weighted by molar-refractivity contribution is 14.1. The Balaban J connectivity index is 1.93. The number of hydrogen-bond donors (Lipinski definition) is 3. The molecule has 2 amide bonds. The lowest BCUT2D eigenvalue weighted by Crippen LogP contribution is -2.48. The average molecular weight is 485 g/mol. The smallest absolute Gasteiger partial charge is 0.273 e. The number of carbonyl (C=O) groups excluding carboxylic acids is 2. The van der Waals surface area contributed by atoms with E-state index in [0.717, 1.165) is 3.57 Å². The Labute approximate surface area is 169 Å². The van der Waals surface area contributed by atoms with Gasteiger partial charge in [0, 0.05) is 5.56 Å². The summed E-state index contributed by atoms with van der Waals surface area (Å²) in [4.78, 5) is 24.4. The molecular formula is C17H16IN3O4S. The van der Waals surface area contributed by atoms with Crippen molar-refractivity contribution in [2.24, 2.45) is 0 Å². The zero-order valence-corrected chi connectivity index (χ0v) is 16.9. The molecule has 2 aromatic carbocycles. The van der Waals surface area contributed by atoms with Gasteiger partial charge in [0.15, 0.2) is 5.11 Å². The zero-order chi connectivity index (χ0) is 19.1. The van der Waals surface area contributed by atoms with Crippen LogP contribution in [-0.4, -0.2) is 31.1 Å². The maximum Gasteiger partial charge on any atom is 0.273 e. The predicted molar refractivity (Wildman–Crippen MR) is 109 cm³/mol. The molecule has 2 rings (SSSR count). The molecule has 0 atom stereocenters. The number of rotatable bonds is 4. The molecule has 3 N–H and O–H groups in total. The number of halogens is 1. The third-order valence-corrected chi connectivity index (χ3v) is 4.33. The molecule has 0 aliphatic carbocycles. The molecule has 136 valence electrons. The van der Waals surface area contributed by atoms with Crippen molar-refractivity contribution >= 4 is 51.7 Å². The third-order valence-electron chi connectivity index (χ3n) is 3.28. The summed E-state index contributed by atoms with van der Waals surface area (Å²) in [5.74, 6) is 0.245. The number of nitrogens with one attached hydrogen (secondary N) is 3. The van der Waals surface area contributed by atoms with E-state index < -0.39 is 11.8 Å². The highest BCUT2D eigenvalue weighted by Crippen LogP contribution is 2.21. The first-order valence-electron chi connectivity index (χ1n) is 7.34. The normalized spacial score (nSPS) is 9.81. The third kappa shape index (κ3) is 5.05. The number of benzene rings is 2. The van der Waals surface area contributed by atoms with Crippen LogP contribution in [0.1, 0.15) is 20.7 Å². The topological polar surface area (TPSA) is 88.7 Å². The second-order valence-electron chi connectivity index (χ2n) is 4.91. The van der Waals surface area contributed by atoms with Crippen molar-refractivity contribution in [1.82, 2.24) is 16.2 Å². The van der Waals surface area contributed by atoms with Gasteiger partial charge in [0.25, 0.3) is 11.8 Å². The van der Waals surface area contributed by atoms with Gasteiger partial charge in [-0.25, -0.2) is 0 Å². The van der Waals surface area contributed by atoms with Crippen molar-refractivity contribution in [3.8, 4) is 11.5 Å². The quantitative estimate of drug-likeness (QED) is 0.350. The minimum Gasteiger partial charge on any atom is -0.496 e. The fourth-order valence-corrected chi connectivity index (χ4v) is 2.91. The minimum atomic E-state index is -0.446. The van der Waals surface area contributed by atoms with Crippen LogP contribution in [0.2, 0.25) is 0 Å². The Morgan fingerprint density at radius 3 is 2.31 bits per heavy atom. The fraction of sp³-hybridized carbons (Fsp3) is 0.118. The van der Waals surface area contributed by atoms with Gasteiger partial charge in [0.2, 0.25) is 0 Å². The summed E-state index contributed by atoms with van der Waals surface area (Å²) in [6.07, 6.45) is 0. The average Bonchev–Trinajstić information content (AvgIpc) is 2.65. The molecule has 0 aromatic heterocycles. The van der Waals surface area contributed by atoms with Gasteiger partial charge in [-0.05, 0) is 65.1 Å². The van der Waals surface area contributed by atoms with Gasteiger partial charge in [-0.3, -0.25) is 25.8 Å². The number of hydrogen-bond acceptors (Lipinski definition) is 5. The number of hydrazine groups is 1. The largest absolute Gasteiger partial charge is 0.496 e. The van der Waals surface area contributed by atoms with E-state index in [9.17, 15) is 9.59 Å². The van der Waals surface area contributed by atoms with Crippen molar-refractivity contribution in [1.29, 1.82) is 0 Å². The lowest BCUT2D eigenvalue weighted by Gasteiger charge is -2.12. The summed E-state index contributed by atoms with van der Waals surface area (Å²) in [5.41, 5.74) is 5.65. The maximum atomic E-state index is 12.2. The van der Waals surface area contributed by atoms with Crippen LogP contribution in [0.15, 0.2) is 42.5 Å². The summed E-state index contributed by atoms with van der Waals surface area (Å²) in [7, 11) is 3.03. The highest BCUT2D eigenvalue weighted by atomic mass is 127. The fourth-order valence-electron chi connectivity index (χ4n) is 2.03. The summed E-state index contributed by atoms with van der Waals surface area (Å²) in [6, 6.07) is 11.7. The van der Waals surface area contributed by atoms with E-state index in [1.54, 1.807) is 49.6 Å². The lowest BCUT2D eigenvalue weighted by atomic mass is 10.2. The molecule has 0 aliphatic heterocycles. The first-order valence-corrected chi connectivity index (χ1v) is 8.83. The molecule has 0 heterocycles. The Bertz CT molecular complexity index is 845. The first kappa shape index (κ1) is 19.9. The van der Waals surface area contributed by atoms with Crippen LogP contribution in [0.25, 0.3) is 0 Å². The van der Waals surface area contributed by atoms with Gasteiger partial charge in [-0.1, -0.05) is 12.1 Å². The van der Waals surface area contributed by atoms with Crippen LogP contribution in [0, 0.1) is 3.57 Å². The zero-order valence-electron chi connectivity index (χ0n) is 14.0. The SMILES string of the molecule is COc1ccc(C(=O)NC(=S)NNC(=O)c2ccccc2OC)cc1I. The standard InChI is InChI=1S/C17H16IN3O4S/c1-24-13-6-4-3-5-11(13)16(23)20-21-17(26)19-15(22)10-7-8-14(25-2)12(18)9-10/h3-9H,1-2H3,(H,20,23)(H2,19,21,22,26). The monoisotopic (exact) mass is 485 g/mol. The Kier molecular flexibility index (Phi) is 7.16. The Morgan fingerprint density at radius 1 is 0.962 bits per heavy atom. The molecule has 0 unspecified atom stereocenters. The van der Waals surface area contributed by atoms with Crippen molar-refractivity contribution < 1.29 is 19.1 Å². The van der Waals surface area contributed by atoms with E-state index in [1.807, 2.05) is 0 Å².